The topological polar surface area (TPSA) is 119 Å². The minimum absolute atomic E-state index is 0.0907. The minimum atomic E-state index is -0.674. The average Bonchev–Trinajstić information content (AvgIpc) is 3.63. The third-order valence-corrected chi connectivity index (χ3v) is 7.42. The van der Waals surface area contributed by atoms with Crippen molar-refractivity contribution in [2.24, 2.45) is 5.92 Å². The van der Waals surface area contributed by atoms with Crippen LogP contribution in [0.3, 0.4) is 0 Å². The molecule has 0 spiro atoms. The lowest BCUT2D eigenvalue weighted by molar-refractivity contribution is -0.135. The summed E-state index contributed by atoms with van der Waals surface area (Å²) in [6.45, 7) is 12.2. The first kappa shape index (κ1) is 26.7. The molecule has 0 saturated carbocycles. The lowest BCUT2D eigenvalue weighted by Crippen LogP contribution is -2.51. The van der Waals surface area contributed by atoms with Crippen LogP contribution >= 0.6 is 0 Å². The van der Waals surface area contributed by atoms with Gasteiger partial charge in [0.25, 0.3) is 0 Å². The average molecular weight is 531 g/mol. The van der Waals surface area contributed by atoms with Crippen molar-refractivity contribution in [3.8, 4) is 11.3 Å². The molecule has 0 unspecified atom stereocenters. The summed E-state index contributed by atoms with van der Waals surface area (Å²) in [5.74, 6) is 1.10. The molecule has 2 N–H and O–H groups in total. The van der Waals surface area contributed by atoms with Gasteiger partial charge in [0, 0.05) is 23.8 Å². The van der Waals surface area contributed by atoms with E-state index in [-0.39, 0.29) is 17.9 Å². The highest BCUT2D eigenvalue weighted by atomic mass is 16.7. The number of pyridine rings is 1. The zero-order valence-corrected chi connectivity index (χ0v) is 23.0. The fraction of sp³-hybridized carbons (Fsp3) is 0.429. The maximum absolute atomic E-state index is 13.4. The third-order valence-electron chi connectivity index (χ3n) is 7.42. The highest BCUT2D eigenvalue weighted by Gasteiger charge is 2.43. The van der Waals surface area contributed by atoms with Gasteiger partial charge in [-0.25, -0.2) is 9.78 Å². The summed E-state index contributed by atoms with van der Waals surface area (Å²) in [6, 6.07) is 8.95. The van der Waals surface area contributed by atoms with E-state index in [1.54, 1.807) is 6.20 Å². The number of likely N-dealkylation sites (tertiary alicyclic amines) is 1. The van der Waals surface area contributed by atoms with Gasteiger partial charge in [0.1, 0.15) is 17.5 Å². The molecule has 10 nitrogen and oxygen atoms in total. The Balaban J connectivity index is 1.35. The molecule has 2 saturated heterocycles. The van der Waals surface area contributed by atoms with Crippen LogP contribution < -0.4 is 10.8 Å². The molecule has 2 atom stereocenters. The summed E-state index contributed by atoms with van der Waals surface area (Å²) >= 11 is 0. The summed E-state index contributed by atoms with van der Waals surface area (Å²) in [5.41, 5.74) is 3.69. The molecule has 1 aromatic carbocycles. The van der Waals surface area contributed by atoms with Crippen LogP contribution in [0.1, 0.15) is 52.4 Å². The van der Waals surface area contributed by atoms with Crippen LogP contribution in [-0.4, -0.2) is 64.3 Å². The number of aromatic nitrogens is 3. The highest BCUT2D eigenvalue weighted by Crippen LogP contribution is 2.33. The number of imidazole rings is 1. The van der Waals surface area contributed by atoms with Crippen LogP contribution in [0, 0.1) is 5.92 Å². The Bertz CT molecular complexity index is 1400. The van der Waals surface area contributed by atoms with Crippen molar-refractivity contribution in [2.75, 3.05) is 13.7 Å². The van der Waals surface area contributed by atoms with E-state index >= 15 is 0 Å². The molecule has 2 amide bonds. The molecule has 11 heteroatoms. The number of carbonyl (C=O) groups excluding carboxylic acids is 2. The van der Waals surface area contributed by atoms with Crippen molar-refractivity contribution < 1.29 is 23.6 Å². The van der Waals surface area contributed by atoms with Gasteiger partial charge in [-0.05, 0) is 50.8 Å². The second-order valence-electron chi connectivity index (χ2n) is 10.9. The zero-order chi connectivity index (χ0) is 27.9. The normalized spacial score (nSPS) is 19.4. The molecule has 2 aliphatic rings. The minimum Gasteiger partial charge on any atom is -0.534 e. The van der Waals surface area contributed by atoms with E-state index in [0.29, 0.717) is 12.3 Å². The summed E-state index contributed by atoms with van der Waals surface area (Å²) in [5, 5.41) is 2.68. The number of hydrogen-bond donors (Lipinski definition) is 2. The highest BCUT2D eigenvalue weighted by molar-refractivity contribution is 6.62. The van der Waals surface area contributed by atoms with Crippen molar-refractivity contribution in [2.45, 2.75) is 58.2 Å². The Morgan fingerprint density at radius 3 is 2.72 bits per heavy atom. The molecule has 0 bridgehead atoms. The van der Waals surface area contributed by atoms with Crippen LogP contribution in [-0.2, 0) is 18.8 Å². The number of ether oxygens (including phenoxy) is 1. The van der Waals surface area contributed by atoms with E-state index in [2.05, 4.69) is 21.9 Å². The van der Waals surface area contributed by atoms with Gasteiger partial charge in [0.2, 0.25) is 5.91 Å². The molecule has 2 fully saturated rings. The van der Waals surface area contributed by atoms with Crippen LogP contribution in [0.15, 0.2) is 48.9 Å². The van der Waals surface area contributed by atoms with Crippen molar-refractivity contribution in [1.82, 2.24) is 25.2 Å². The standard InChI is InChI=1S/C28H34BN5O5/c1-16(2)24(33-27(36)37-6)26(35)34-13-7-8-23(34)25-31-21-11-9-18(14-22(21)32-25)20-12-10-19(15-30-20)29-38-17(3)28(4,5)39-29/h9-12,14-16,23-24H,3,7-8,13H2,1-2,4-6H3,(H,31,32)(H,33,36)/t23-,24-/m0/s1. The Kier molecular flexibility index (Phi) is 7.11. The molecule has 3 aromatic rings. The molecule has 2 aromatic heterocycles. The first-order chi connectivity index (χ1) is 18.6. The van der Waals surface area contributed by atoms with Gasteiger partial charge in [-0.1, -0.05) is 32.6 Å². The van der Waals surface area contributed by atoms with Crippen molar-refractivity contribution in [3.63, 3.8) is 0 Å². The van der Waals surface area contributed by atoms with Crippen molar-refractivity contribution >= 4 is 35.6 Å². The number of methoxy groups -OCH3 is 1. The number of rotatable bonds is 6. The van der Waals surface area contributed by atoms with Crippen LogP contribution in [0.5, 0.6) is 0 Å². The Labute approximate surface area is 228 Å². The predicted octanol–water partition coefficient (Wildman–Crippen LogP) is 3.70. The molecular weight excluding hydrogens is 497 g/mol. The fourth-order valence-corrected chi connectivity index (χ4v) is 5.02. The predicted molar refractivity (Wildman–Crippen MR) is 148 cm³/mol. The first-order valence-corrected chi connectivity index (χ1v) is 13.2. The van der Waals surface area contributed by atoms with E-state index < -0.39 is 24.9 Å². The second kappa shape index (κ2) is 10.4. The van der Waals surface area contributed by atoms with Gasteiger partial charge in [-0.2, -0.15) is 0 Å². The summed E-state index contributed by atoms with van der Waals surface area (Å²) in [4.78, 5) is 40.0. The fourth-order valence-electron chi connectivity index (χ4n) is 5.02. The van der Waals surface area contributed by atoms with E-state index in [1.807, 2.05) is 62.9 Å². The molecule has 204 valence electrons. The Hall–Kier alpha value is -3.86. The number of alkyl carbamates (subject to hydrolysis) is 1. The van der Waals surface area contributed by atoms with Gasteiger partial charge in [0.05, 0.1) is 35.6 Å². The zero-order valence-electron chi connectivity index (χ0n) is 23.0. The van der Waals surface area contributed by atoms with Gasteiger partial charge in [-0.15, -0.1) is 0 Å². The van der Waals surface area contributed by atoms with Gasteiger partial charge < -0.3 is 29.2 Å². The number of aromatic amines is 1. The van der Waals surface area contributed by atoms with E-state index in [0.717, 1.165) is 46.4 Å². The lowest BCUT2D eigenvalue weighted by atomic mass is 9.80. The first-order valence-electron chi connectivity index (χ1n) is 13.2. The Morgan fingerprint density at radius 1 is 1.28 bits per heavy atom. The van der Waals surface area contributed by atoms with Gasteiger partial charge in [-0.3, -0.25) is 9.78 Å². The maximum atomic E-state index is 13.4. The Morgan fingerprint density at radius 2 is 2.08 bits per heavy atom. The third kappa shape index (κ3) is 5.23. The molecular formula is C28H34BN5O5. The van der Waals surface area contributed by atoms with Gasteiger partial charge in [0.15, 0.2) is 0 Å². The van der Waals surface area contributed by atoms with Gasteiger partial charge >= 0.3 is 13.2 Å². The molecule has 5 rings (SSSR count). The summed E-state index contributed by atoms with van der Waals surface area (Å²) < 4.78 is 16.4. The van der Waals surface area contributed by atoms with E-state index in [4.69, 9.17) is 19.0 Å². The van der Waals surface area contributed by atoms with E-state index in [1.165, 1.54) is 7.11 Å². The van der Waals surface area contributed by atoms with Crippen LogP contribution in [0.2, 0.25) is 0 Å². The SMILES string of the molecule is C=C1OB(c2ccc(-c3ccc4nc([C@@H]5CCCN5C(=O)[C@@H](NC(=O)OC)C(C)C)[nH]c4c3)nc2)OC1(C)C. The molecule has 2 aliphatic heterocycles. The van der Waals surface area contributed by atoms with E-state index in [9.17, 15) is 9.59 Å². The number of hydrogen-bond acceptors (Lipinski definition) is 7. The summed E-state index contributed by atoms with van der Waals surface area (Å²) in [6.07, 6.45) is 2.79. The van der Waals surface area contributed by atoms with Crippen LogP contribution in [0.25, 0.3) is 22.3 Å². The number of H-pyrrole nitrogens is 1. The molecule has 39 heavy (non-hydrogen) atoms. The monoisotopic (exact) mass is 531 g/mol. The maximum Gasteiger partial charge on any atom is 0.564 e. The number of nitrogens with zero attached hydrogens (tertiary/aromatic N) is 3. The van der Waals surface area contributed by atoms with Crippen molar-refractivity contribution in [1.29, 1.82) is 0 Å². The number of nitrogens with one attached hydrogen (secondary N) is 2. The number of fused-ring (bicyclic) bond motifs is 1. The second-order valence-corrected chi connectivity index (χ2v) is 10.9. The lowest BCUT2D eigenvalue weighted by Gasteiger charge is -2.29. The van der Waals surface area contributed by atoms with Crippen molar-refractivity contribution in [3.05, 3.63) is 54.7 Å². The molecule has 4 heterocycles. The molecule has 0 radical (unpaired) electrons. The molecule has 0 aliphatic carbocycles. The number of amides is 2. The number of carbonyl (C=O) groups is 2. The van der Waals surface area contributed by atoms with Crippen LogP contribution in [0.4, 0.5) is 4.79 Å². The largest absolute Gasteiger partial charge is 0.564 e. The summed E-state index contributed by atoms with van der Waals surface area (Å²) in [7, 11) is 0.764. The number of benzene rings is 1. The quantitative estimate of drug-likeness (QED) is 0.466. The smallest absolute Gasteiger partial charge is 0.534 e.